The molecule has 0 aromatic heterocycles. The number of nitrogens with one attached hydrogen (secondary N) is 1. The van der Waals surface area contributed by atoms with Crippen molar-refractivity contribution < 1.29 is 9.53 Å². The van der Waals surface area contributed by atoms with Crippen LogP contribution in [-0.2, 0) is 0 Å². The number of carbonyl (C=O) groups excluding carboxylic acids is 1. The van der Waals surface area contributed by atoms with E-state index in [1.165, 1.54) is 6.42 Å². The van der Waals surface area contributed by atoms with E-state index in [2.05, 4.69) is 5.32 Å². The molecule has 1 aromatic rings. The Balaban J connectivity index is 0.00000220. The van der Waals surface area contributed by atoms with Gasteiger partial charge in [-0.25, -0.2) is 0 Å². The van der Waals surface area contributed by atoms with Crippen LogP contribution in [0.2, 0.25) is 5.02 Å². The number of likely N-dealkylation sites (tertiary alicyclic amines) is 1. The lowest BCUT2D eigenvalue weighted by Gasteiger charge is -2.33. The summed E-state index contributed by atoms with van der Waals surface area (Å²) in [6.45, 7) is 2.55. The number of piperidine rings is 1. The van der Waals surface area contributed by atoms with E-state index in [4.69, 9.17) is 16.3 Å². The van der Waals surface area contributed by atoms with Crippen molar-refractivity contribution in [2.45, 2.75) is 12.8 Å². The molecular formula is C15H22Cl2N2O2. The Labute approximate surface area is 137 Å². The number of amides is 1. The summed E-state index contributed by atoms with van der Waals surface area (Å²) in [6.07, 6.45) is 2.22. The van der Waals surface area contributed by atoms with Crippen molar-refractivity contribution in [2.75, 3.05) is 33.8 Å². The SMILES string of the molecule is CNCC1CCCN(C(=O)c2ccc(Cl)cc2OC)C1.Cl. The maximum absolute atomic E-state index is 12.6. The summed E-state index contributed by atoms with van der Waals surface area (Å²) in [5, 5.41) is 3.76. The van der Waals surface area contributed by atoms with Gasteiger partial charge in [0.2, 0.25) is 0 Å². The van der Waals surface area contributed by atoms with Crippen LogP contribution in [0, 0.1) is 5.92 Å². The predicted molar refractivity (Wildman–Crippen MR) is 87.8 cm³/mol. The number of carbonyl (C=O) groups is 1. The molecule has 1 fully saturated rings. The summed E-state index contributed by atoms with van der Waals surface area (Å²) >= 11 is 5.94. The van der Waals surface area contributed by atoms with E-state index >= 15 is 0 Å². The first-order chi connectivity index (χ1) is 9.65. The third-order valence-corrected chi connectivity index (χ3v) is 3.93. The first kappa shape index (κ1) is 18.1. The number of methoxy groups -OCH3 is 1. The first-order valence-electron chi connectivity index (χ1n) is 6.93. The molecule has 1 saturated heterocycles. The molecule has 1 unspecified atom stereocenters. The molecule has 1 heterocycles. The Morgan fingerprint density at radius 1 is 1.52 bits per heavy atom. The van der Waals surface area contributed by atoms with E-state index in [1.54, 1.807) is 25.3 Å². The number of hydrogen-bond donors (Lipinski definition) is 1. The molecule has 0 spiro atoms. The van der Waals surface area contributed by atoms with Gasteiger partial charge in [-0.15, -0.1) is 12.4 Å². The maximum atomic E-state index is 12.6. The Morgan fingerprint density at radius 3 is 2.95 bits per heavy atom. The zero-order valence-corrected chi connectivity index (χ0v) is 14.0. The zero-order chi connectivity index (χ0) is 14.5. The molecular weight excluding hydrogens is 311 g/mol. The summed E-state index contributed by atoms with van der Waals surface area (Å²) in [4.78, 5) is 14.5. The van der Waals surface area contributed by atoms with E-state index in [-0.39, 0.29) is 18.3 Å². The van der Waals surface area contributed by atoms with E-state index in [1.807, 2.05) is 11.9 Å². The maximum Gasteiger partial charge on any atom is 0.257 e. The van der Waals surface area contributed by atoms with Crippen molar-refractivity contribution in [3.63, 3.8) is 0 Å². The van der Waals surface area contributed by atoms with E-state index in [9.17, 15) is 4.79 Å². The number of rotatable bonds is 4. The van der Waals surface area contributed by atoms with Crippen LogP contribution >= 0.6 is 24.0 Å². The molecule has 0 aliphatic carbocycles. The van der Waals surface area contributed by atoms with Crippen molar-refractivity contribution in [2.24, 2.45) is 5.92 Å². The molecule has 0 radical (unpaired) electrons. The summed E-state index contributed by atoms with van der Waals surface area (Å²) in [5.74, 6) is 1.09. The van der Waals surface area contributed by atoms with Crippen LogP contribution in [0.25, 0.3) is 0 Å². The molecule has 1 aromatic carbocycles. The van der Waals surface area contributed by atoms with Crippen LogP contribution in [0.3, 0.4) is 0 Å². The van der Waals surface area contributed by atoms with Gasteiger partial charge in [0.05, 0.1) is 12.7 Å². The molecule has 21 heavy (non-hydrogen) atoms. The van der Waals surface area contributed by atoms with E-state index in [0.717, 1.165) is 26.1 Å². The van der Waals surface area contributed by atoms with Crippen molar-refractivity contribution in [1.82, 2.24) is 10.2 Å². The quantitative estimate of drug-likeness (QED) is 0.921. The second kappa shape index (κ2) is 8.47. The lowest BCUT2D eigenvalue weighted by Crippen LogP contribution is -2.42. The van der Waals surface area contributed by atoms with Gasteiger partial charge < -0.3 is 15.0 Å². The highest BCUT2D eigenvalue weighted by Gasteiger charge is 2.25. The fourth-order valence-electron chi connectivity index (χ4n) is 2.72. The van der Waals surface area contributed by atoms with Crippen molar-refractivity contribution in [1.29, 1.82) is 0 Å². The van der Waals surface area contributed by atoms with Crippen LogP contribution in [-0.4, -0.2) is 44.6 Å². The smallest absolute Gasteiger partial charge is 0.257 e. The minimum atomic E-state index is 0. The molecule has 1 N–H and O–H groups in total. The van der Waals surface area contributed by atoms with E-state index < -0.39 is 0 Å². The van der Waals surface area contributed by atoms with Crippen LogP contribution < -0.4 is 10.1 Å². The molecule has 118 valence electrons. The number of halogens is 2. The Kier molecular flexibility index (Phi) is 7.29. The van der Waals surface area contributed by atoms with Crippen LogP contribution in [0.1, 0.15) is 23.2 Å². The second-order valence-corrected chi connectivity index (χ2v) is 5.60. The van der Waals surface area contributed by atoms with Crippen molar-refractivity contribution in [3.05, 3.63) is 28.8 Å². The van der Waals surface area contributed by atoms with Crippen molar-refractivity contribution >= 4 is 29.9 Å². The minimum Gasteiger partial charge on any atom is -0.496 e. The molecule has 0 saturated carbocycles. The standard InChI is InChI=1S/C15H21ClN2O2.ClH/c1-17-9-11-4-3-7-18(10-11)15(19)13-6-5-12(16)8-14(13)20-2;/h5-6,8,11,17H,3-4,7,9-10H2,1-2H3;1H. The molecule has 1 aliphatic heterocycles. The van der Waals surface area contributed by atoms with Gasteiger partial charge in [0.15, 0.2) is 0 Å². The largest absolute Gasteiger partial charge is 0.496 e. The van der Waals surface area contributed by atoms with E-state index in [0.29, 0.717) is 22.3 Å². The number of benzene rings is 1. The average Bonchev–Trinajstić information content (AvgIpc) is 2.47. The molecule has 4 nitrogen and oxygen atoms in total. The van der Waals surface area contributed by atoms with Crippen LogP contribution in [0.4, 0.5) is 0 Å². The lowest BCUT2D eigenvalue weighted by atomic mass is 9.97. The monoisotopic (exact) mass is 332 g/mol. The topological polar surface area (TPSA) is 41.6 Å². The van der Waals surface area contributed by atoms with Gasteiger partial charge in [0, 0.05) is 18.1 Å². The zero-order valence-electron chi connectivity index (χ0n) is 12.4. The predicted octanol–water partition coefficient (Wildman–Crippen LogP) is 2.84. The molecule has 1 atom stereocenters. The van der Waals surface area contributed by atoms with Gasteiger partial charge >= 0.3 is 0 Å². The number of hydrogen-bond acceptors (Lipinski definition) is 3. The molecule has 6 heteroatoms. The normalized spacial score (nSPS) is 18.0. The highest BCUT2D eigenvalue weighted by molar-refractivity contribution is 6.30. The molecule has 1 aliphatic rings. The van der Waals surface area contributed by atoms with Crippen LogP contribution in [0.15, 0.2) is 18.2 Å². The lowest BCUT2D eigenvalue weighted by molar-refractivity contribution is 0.0671. The number of ether oxygens (including phenoxy) is 1. The van der Waals surface area contributed by atoms with Gasteiger partial charge in [0.1, 0.15) is 5.75 Å². The summed E-state index contributed by atoms with van der Waals surface area (Å²) < 4.78 is 5.27. The van der Waals surface area contributed by atoms with Crippen molar-refractivity contribution in [3.8, 4) is 5.75 Å². The Morgan fingerprint density at radius 2 is 2.29 bits per heavy atom. The van der Waals surface area contributed by atoms with Gasteiger partial charge in [-0.05, 0) is 50.6 Å². The molecule has 2 rings (SSSR count). The second-order valence-electron chi connectivity index (χ2n) is 5.16. The summed E-state index contributed by atoms with van der Waals surface area (Å²) in [6, 6.07) is 5.15. The first-order valence-corrected chi connectivity index (χ1v) is 7.31. The molecule has 0 bridgehead atoms. The summed E-state index contributed by atoms with van der Waals surface area (Å²) in [5.41, 5.74) is 0.585. The van der Waals surface area contributed by atoms with Gasteiger partial charge in [-0.3, -0.25) is 4.79 Å². The third kappa shape index (κ3) is 4.50. The van der Waals surface area contributed by atoms with Crippen LogP contribution in [0.5, 0.6) is 5.75 Å². The minimum absolute atomic E-state index is 0. The Bertz CT molecular complexity index is 481. The average molecular weight is 333 g/mol. The number of nitrogens with zero attached hydrogens (tertiary/aromatic N) is 1. The van der Waals surface area contributed by atoms with Gasteiger partial charge in [-0.1, -0.05) is 11.6 Å². The highest BCUT2D eigenvalue weighted by atomic mass is 35.5. The molecule has 1 amide bonds. The van der Waals surface area contributed by atoms with Gasteiger partial charge in [-0.2, -0.15) is 0 Å². The fraction of sp³-hybridized carbons (Fsp3) is 0.533. The van der Waals surface area contributed by atoms with Gasteiger partial charge in [0.25, 0.3) is 5.91 Å². The third-order valence-electron chi connectivity index (χ3n) is 3.69. The Hall–Kier alpha value is -0.970. The summed E-state index contributed by atoms with van der Waals surface area (Å²) in [7, 11) is 3.51. The highest BCUT2D eigenvalue weighted by Crippen LogP contribution is 2.26. The fourth-order valence-corrected chi connectivity index (χ4v) is 2.88.